The van der Waals surface area contributed by atoms with Crippen LogP contribution in [0.5, 0.6) is 0 Å². The Labute approximate surface area is 77.9 Å². The van der Waals surface area contributed by atoms with E-state index in [1.807, 2.05) is 30.3 Å². The Morgan fingerprint density at radius 1 is 1.31 bits per heavy atom. The fourth-order valence-electron chi connectivity index (χ4n) is 1.02. The molecule has 0 unspecified atom stereocenters. The summed E-state index contributed by atoms with van der Waals surface area (Å²) in [6.07, 6.45) is 0.396. The number of nitrogens with two attached hydrogens (primary N) is 1. The Hall–Kier alpha value is -1.35. The van der Waals surface area contributed by atoms with Gasteiger partial charge in [-0.05, 0) is 5.56 Å². The summed E-state index contributed by atoms with van der Waals surface area (Å²) in [5.41, 5.74) is 6.34. The standard InChI is InChI=1S/C10H14N2O/c11-7-6-10(13)12-8-9-4-2-1-3-5-9/h1-5H,6-8,11H2,(H,12,13). The van der Waals surface area contributed by atoms with Gasteiger partial charge in [-0.3, -0.25) is 4.79 Å². The van der Waals surface area contributed by atoms with Gasteiger partial charge in [0, 0.05) is 19.5 Å². The van der Waals surface area contributed by atoms with Crippen molar-refractivity contribution in [3.63, 3.8) is 0 Å². The Morgan fingerprint density at radius 3 is 2.62 bits per heavy atom. The predicted molar refractivity (Wildman–Crippen MR) is 52.0 cm³/mol. The van der Waals surface area contributed by atoms with E-state index in [9.17, 15) is 4.79 Å². The second-order valence-electron chi connectivity index (χ2n) is 2.80. The number of nitrogens with one attached hydrogen (secondary N) is 1. The Balaban J connectivity index is 2.31. The molecule has 70 valence electrons. The van der Waals surface area contributed by atoms with Crippen LogP contribution in [0, 0.1) is 0 Å². The zero-order valence-corrected chi connectivity index (χ0v) is 7.49. The monoisotopic (exact) mass is 178 g/mol. The molecule has 0 aliphatic heterocycles. The molecule has 0 spiro atoms. The van der Waals surface area contributed by atoms with Gasteiger partial charge in [-0.1, -0.05) is 30.3 Å². The highest BCUT2D eigenvalue weighted by molar-refractivity contribution is 5.75. The molecule has 0 aliphatic carbocycles. The third-order valence-corrected chi connectivity index (χ3v) is 1.70. The van der Waals surface area contributed by atoms with Crippen molar-refractivity contribution in [1.82, 2.24) is 5.32 Å². The molecule has 0 heterocycles. The summed E-state index contributed by atoms with van der Waals surface area (Å²) in [4.78, 5) is 11.0. The van der Waals surface area contributed by atoms with E-state index in [1.54, 1.807) is 0 Å². The van der Waals surface area contributed by atoms with Crippen LogP contribution >= 0.6 is 0 Å². The first-order valence-electron chi connectivity index (χ1n) is 4.33. The molecule has 3 heteroatoms. The van der Waals surface area contributed by atoms with Gasteiger partial charge in [0.05, 0.1) is 0 Å². The minimum Gasteiger partial charge on any atom is -0.352 e. The normalized spacial score (nSPS) is 9.62. The van der Waals surface area contributed by atoms with E-state index in [-0.39, 0.29) is 5.91 Å². The molecule has 0 radical (unpaired) electrons. The molecule has 0 atom stereocenters. The third-order valence-electron chi connectivity index (χ3n) is 1.70. The lowest BCUT2D eigenvalue weighted by atomic mass is 10.2. The smallest absolute Gasteiger partial charge is 0.221 e. The highest BCUT2D eigenvalue weighted by Gasteiger charge is 1.97. The van der Waals surface area contributed by atoms with E-state index >= 15 is 0 Å². The highest BCUT2D eigenvalue weighted by Crippen LogP contribution is 1.96. The molecule has 0 bridgehead atoms. The molecule has 0 saturated heterocycles. The molecule has 3 nitrogen and oxygen atoms in total. The topological polar surface area (TPSA) is 55.1 Å². The predicted octanol–water partition coefficient (Wildman–Crippen LogP) is 0.652. The quantitative estimate of drug-likeness (QED) is 0.711. The molecule has 1 aromatic carbocycles. The molecular formula is C10H14N2O. The van der Waals surface area contributed by atoms with Crippen molar-refractivity contribution >= 4 is 5.91 Å². The zero-order chi connectivity index (χ0) is 9.52. The molecule has 0 fully saturated rings. The molecular weight excluding hydrogens is 164 g/mol. The number of hydrogen-bond acceptors (Lipinski definition) is 2. The average molecular weight is 178 g/mol. The zero-order valence-electron chi connectivity index (χ0n) is 7.49. The van der Waals surface area contributed by atoms with Gasteiger partial charge in [-0.15, -0.1) is 0 Å². The maximum Gasteiger partial charge on any atom is 0.221 e. The van der Waals surface area contributed by atoms with Crippen molar-refractivity contribution in [2.75, 3.05) is 6.54 Å². The van der Waals surface area contributed by atoms with Crippen LogP contribution < -0.4 is 11.1 Å². The van der Waals surface area contributed by atoms with Crippen LogP contribution in [0.1, 0.15) is 12.0 Å². The minimum absolute atomic E-state index is 0.00588. The molecule has 0 aliphatic rings. The van der Waals surface area contributed by atoms with E-state index in [4.69, 9.17) is 5.73 Å². The minimum atomic E-state index is 0.00588. The van der Waals surface area contributed by atoms with Crippen LogP contribution in [-0.4, -0.2) is 12.5 Å². The summed E-state index contributed by atoms with van der Waals surface area (Å²) in [5.74, 6) is 0.00588. The number of rotatable bonds is 4. The van der Waals surface area contributed by atoms with Crippen molar-refractivity contribution in [2.24, 2.45) is 5.73 Å². The number of benzene rings is 1. The van der Waals surface area contributed by atoms with Gasteiger partial charge in [0.15, 0.2) is 0 Å². The average Bonchev–Trinajstić information content (AvgIpc) is 2.17. The van der Waals surface area contributed by atoms with E-state index in [1.165, 1.54) is 0 Å². The van der Waals surface area contributed by atoms with Gasteiger partial charge in [-0.25, -0.2) is 0 Å². The van der Waals surface area contributed by atoms with E-state index in [0.29, 0.717) is 19.5 Å². The van der Waals surface area contributed by atoms with Crippen molar-refractivity contribution in [1.29, 1.82) is 0 Å². The fraction of sp³-hybridized carbons (Fsp3) is 0.300. The molecule has 0 saturated carbocycles. The van der Waals surface area contributed by atoms with Crippen molar-refractivity contribution in [3.05, 3.63) is 35.9 Å². The van der Waals surface area contributed by atoms with Gasteiger partial charge in [0.25, 0.3) is 0 Å². The lowest BCUT2D eigenvalue weighted by Gasteiger charge is -2.03. The van der Waals surface area contributed by atoms with Crippen LogP contribution in [0.15, 0.2) is 30.3 Å². The van der Waals surface area contributed by atoms with Crippen molar-refractivity contribution in [2.45, 2.75) is 13.0 Å². The second-order valence-corrected chi connectivity index (χ2v) is 2.80. The van der Waals surface area contributed by atoms with Crippen LogP contribution in [0.3, 0.4) is 0 Å². The van der Waals surface area contributed by atoms with Crippen LogP contribution in [0.2, 0.25) is 0 Å². The van der Waals surface area contributed by atoms with E-state index < -0.39 is 0 Å². The van der Waals surface area contributed by atoms with Crippen molar-refractivity contribution in [3.8, 4) is 0 Å². The van der Waals surface area contributed by atoms with Crippen LogP contribution in [-0.2, 0) is 11.3 Å². The van der Waals surface area contributed by atoms with Crippen LogP contribution in [0.4, 0.5) is 0 Å². The lowest BCUT2D eigenvalue weighted by molar-refractivity contribution is -0.121. The summed E-state index contributed by atoms with van der Waals surface area (Å²) in [6.45, 7) is 0.986. The summed E-state index contributed by atoms with van der Waals surface area (Å²) in [6, 6.07) is 9.80. The largest absolute Gasteiger partial charge is 0.352 e. The molecule has 13 heavy (non-hydrogen) atoms. The Bertz CT molecular complexity index is 259. The maximum absolute atomic E-state index is 11.0. The summed E-state index contributed by atoms with van der Waals surface area (Å²) >= 11 is 0. The molecule has 1 rings (SSSR count). The van der Waals surface area contributed by atoms with Crippen molar-refractivity contribution < 1.29 is 4.79 Å². The summed E-state index contributed by atoms with van der Waals surface area (Å²) in [5, 5.41) is 2.78. The molecule has 0 aromatic heterocycles. The first-order chi connectivity index (χ1) is 6.33. The first kappa shape index (κ1) is 9.74. The molecule has 1 amide bonds. The third kappa shape index (κ3) is 3.71. The Morgan fingerprint density at radius 2 is 2.00 bits per heavy atom. The number of carbonyl (C=O) groups excluding carboxylic acids is 1. The first-order valence-corrected chi connectivity index (χ1v) is 4.33. The number of carbonyl (C=O) groups is 1. The fourth-order valence-corrected chi connectivity index (χ4v) is 1.02. The Kier molecular flexibility index (Phi) is 3.99. The van der Waals surface area contributed by atoms with Gasteiger partial charge in [0.2, 0.25) is 5.91 Å². The lowest BCUT2D eigenvalue weighted by Crippen LogP contribution is -2.24. The van der Waals surface area contributed by atoms with Gasteiger partial charge >= 0.3 is 0 Å². The summed E-state index contributed by atoms with van der Waals surface area (Å²) in [7, 11) is 0. The second kappa shape index (κ2) is 5.32. The maximum atomic E-state index is 11.0. The molecule has 3 N–H and O–H groups in total. The van der Waals surface area contributed by atoms with E-state index in [2.05, 4.69) is 5.32 Å². The number of hydrogen-bond donors (Lipinski definition) is 2. The SMILES string of the molecule is NCCC(=O)NCc1ccccc1. The number of amides is 1. The van der Waals surface area contributed by atoms with Gasteiger partial charge in [0.1, 0.15) is 0 Å². The van der Waals surface area contributed by atoms with Crippen LogP contribution in [0.25, 0.3) is 0 Å². The van der Waals surface area contributed by atoms with E-state index in [0.717, 1.165) is 5.56 Å². The summed E-state index contributed by atoms with van der Waals surface area (Å²) < 4.78 is 0. The van der Waals surface area contributed by atoms with Gasteiger partial charge < -0.3 is 11.1 Å². The molecule has 1 aromatic rings. The highest BCUT2D eigenvalue weighted by atomic mass is 16.1. The van der Waals surface area contributed by atoms with Gasteiger partial charge in [-0.2, -0.15) is 0 Å².